The zero-order valence-corrected chi connectivity index (χ0v) is 33.7. The largest absolute Gasteiger partial charge is 0.496 e. The topological polar surface area (TPSA) is 151 Å². The van der Waals surface area contributed by atoms with Crippen molar-refractivity contribution in [2.24, 2.45) is 5.92 Å². The van der Waals surface area contributed by atoms with Gasteiger partial charge in [0.15, 0.2) is 11.6 Å². The predicted octanol–water partition coefficient (Wildman–Crippen LogP) is 8.02. The minimum atomic E-state index is -2.93. The number of benzene rings is 3. The number of nitrogens with zero attached hydrogens (tertiary/aromatic N) is 7. The highest BCUT2D eigenvalue weighted by Crippen LogP contribution is 2.41. The molecular formula is C43H45ClF2N8O5. The van der Waals surface area contributed by atoms with Gasteiger partial charge < -0.3 is 25.0 Å². The molecule has 1 saturated carbocycles. The Morgan fingerprint density at radius 2 is 1.73 bits per heavy atom. The van der Waals surface area contributed by atoms with E-state index in [0.717, 1.165) is 59.1 Å². The van der Waals surface area contributed by atoms with E-state index in [1.807, 2.05) is 54.2 Å². The number of β-amino-alcohol motifs (C(OH)–C–C–N with tert-alkyl or cyclic N) is 1. The Morgan fingerprint density at radius 3 is 2.41 bits per heavy atom. The van der Waals surface area contributed by atoms with Gasteiger partial charge in [0.1, 0.15) is 17.0 Å². The summed E-state index contributed by atoms with van der Waals surface area (Å²) in [7, 11) is 5.21. The van der Waals surface area contributed by atoms with E-state index >= 15 is 0 Å². The molecule has 0 spiro atoms. The number of aromatic nitrogens is 5. The van der Waals surface area contributed by atoms with Gasteiger partial charge in [-0.15, -0.1) is 0 Å². The normalized spacial score (nSPS) is 18.6. The van der Waals surface area contributed by atoms with E-state index in [2.05, 4.69) is 30.1 Å². The Hall–Kier alpha value is -5.48. The summed E-state index contributed by atoms with van der Waals surface area (Å²) in [6.07, 6.45) is 3.68. The highest BCUT2D eigenvalue weighted by Gasteiger charge is 2.29. The first-order chi connectivity index (χ1) is 28.5. The van der Waals surface area contributed by atoms with Gasteiger partial charge in [0.2, 0.25) is 0 Å². The lowest BCUT2D eigenvalue weighted by atomic mass is 9.85. The number of fused-ring (bicyclic) bond motifs is 2. The summed E-state index contributed by atoms with van der Waals surface area (Å²) < 4.78 is 41.9. The molecule has 4 heterocycles. The Balaban J connectivity index is 1.08. The number of carbonyl (C=O) groups is 1. The second kappa shape index (κ2) is 17.0. The van der Waals surface area contributed by atoms with Crippen LogP contribution in [-0.2, 0) is 17.9 Å². The summed E-state index contributed by atoms with van der Waals surface area (Å²) >= 11 is 7.14. The maximum Gasteiger partial charge on any atom is 0.306 e. The second-order valence-electron chi connectivity index (χ2n) is 15.3. The molecule has 13 nitrogen and oxygen atoms in total. The van der Waals surface area contributed by atoms with E-state index in [-0.39, 0.29) is 29.4 Å². The fraction of sp³-hybridized carbons (Fsp3) is 0.372. The van der Waals surface area contributed by atoms with Crippen LogP contribution in [0.15, 0.2) is 67.0 Å². The van der Waals surface area contributed by atoms with Crippen LogP contribution in [0.2, 0.25) is 5.02 Å². The van der Waals surface area contributed by atoms with Crippen molar-refractivity contribution < 1.29 is 33.3 Å². The standard InChI is InChI=1S/C43H45ClF2N8O5/c1-52(26-12-10-25(11-13-26)43(56)57)21-24-16-34-39(47-19-24)41(51-42(50-34)40(45)46)49-33-8-4-7-30(38(33)44)29-6-5-9-35-31(29)20-48-54(35)27-17-36(58-2)32(37(18-27)59-3)23-53-15-14-28(55)22-53/h4-9,16-20,25-26,28,40,55H,10-15,21-23H2,1-3H3,(H,56,57)(H,49,50,51)/t25?,26?,28-/m1/s1. The van der Waals surface area contributed by atoms with E-state index in [1.165, 1.54) is 0 Å². The van der Waals surface area contributed by atoms with Gasteiger partial charge in [-0.1, -0.05) is 35.9 Å². The number of aliphatic hydroxyl groups excluding tert-OH is 1. The Bertz CT molecular complexity index is 2490. The molecule has 0 bridgehead atoms. The van der Waals surface area contributed by atoms with E-state index in [9.17, 15) is 23.8 Å². The lowest BCUT2D eigenvalue weighted by Gasteiger charge is -2.33. The number of ether oxygens (including phenoxy) is 2. The quantitative estimate of drug-likeness (QED) is 0.103. The number of likely N-dealkylation sites (tertiary alicyclic amines) is 1. The maximum absolute atomic E-state index is 14.2. The van der Waals surface area contributed by atoms with E-state index < -0.39 is 18.2 Å². The van der Waals surface area contributed by atoms with Crippen molar-refractivity contribution in [1.29, 1.82) is 0 Å². The third-order valence-electron chi connectivity index (χ3n) is 11.5. The molecule has 16 heteroatoms. The van der Waals surface area contributed by atoms with Gasteiger partial charge in [0, 0.05) is 61.5 Å². The number of halogens is 3. The second-order valence-corrected chi connectivity index (χ2v) is 15.7. The molecule has 0 unspecified atom stereocenters. The number of rotatable bonds is 13. The number of nitrogens with one attached hydrogen (secondary N) is 1. The molecule has 6 aromatic rings. The highest BCUT2D eigenvalue weighted by molar-refractivity contribution is 6.36. The first-order valence-electron chi connectivity index (χ1n) is 19.6. The van der Waals surface area contributed by atoms with Crippen LogP contribution in [-0.4, -0.2) is 97.2 Å². The Morgan fingerprint density at radius 1 is 1.00 bits per heavy atom. The van der Waals surface area contributed by atoms with Crippen molar-refractivity contribution in [2.45, 2.75) is 63.8 Å². The number of hydrogen-bond donors (Lipinski definition) is 3. The molecule has 8 rings (SSSR count). The average molecular weight is 827 g/mol. The molecule has 3 aromatic carbocycles. The van der Waals surface area contributed by atoms with Crippen molar-refractivity contribution in [3.05, 3.63) is 89.0 Å². The number of pyridine rings is 1. The van der Waals surface area contributed by atoms with Crippen LogP contribution in [0.4, 0.5) is 20.3 Å². The van der Waals surface area contributed by atoms with Crippen LogP contribution < -0.4 is 14.8 Å². The number of aliphatic carboxylic acids is 1. The van der Waals surface area contributed by atoms with Crippen LogP contribution in [0.5, 0.6) is 11.5 Å². The van der Waals surface area contributed by atoms with Gasteiger partial charge in [0.05, 0.1) is 65.4 Å². The average Bonchev–Trinajstić information content (AvgIpc) is 3.87. The van der Waals surface area contributed by atoms with E-state index in [4.69, 9.17) is 26.2 Å². The lowest BCUT2D eigenvalue weighted by Crippen LogP contribution is -2.36. The number of anilines is 2. The third kappa shape index (κ3) is 8.24. The van der Waals surface area contributed by atoms with Crippen LogP contribution in [0.3, 0.4) is 0 Å². The molecule has 1 saturated heterocycles. The van der Waals surface area contributed by atoms with Crippen molar-refractivity contribution in [3.63, 3.8) is 0 Å². The Labute approximate surface area is 344 Å². The van der Waals surface area contributed by atoms with Crippen LogP contribution in [0.25, 0.3) is 38.8 Å². The fourth-order valence-electron chi connectivity index (χ4n) is 8.41. The molecule has 1 atom stereocenters. The molecule has 308 valence electrons. The molecule has 3 N–H and O–H groups in total. The monoisotopic (exact) mass is 826 g/mol. The zero-order chi connectivity index (χ0) is 41.4. The van der Waals surface area contributed by atoms with Gasteiger partial charge in [-0.05, 0) is 68.5 Å². The molecule has 0 radical (unpaired) electrons. The summed E-state index contributed by atoms with van der Waals surface area (Å²) in [5.41, 5.74) is 5.70. The number of hydrogen-bond acceptors (Lipinski definition) is 11. The van der Waals surface area contributed by atoms with Gasteiger partial charge in [-0.3, -0.25) is 19.6 Å². The summed E-state index contributed by atoms with van der Waals surface area (Å²) in [6, 6.07) is 17.1. The Kier molecular flexibility index (Phi) is 11.6. The smallest absolute Gasteiger partial charge is 0.306 e. The lowest BCUT2D eigenvalue weighted by molar-refractivity contribution is -0.143. The number of methoxy groups -OCH3 is 2. The molecular weight excluding hydrogens is 782 g/mol. The highest BCUT2D eigenvalue weighted by atomic mass is 35.5. The zero-order valence-electron chi connectivity index (χ0n) is 32.9. The third-order valence-corrected chi connectivity index (χ3v) is 11.9. The molecule has 1 aliphatic heterocycles. The molecule has 2 aliphatic rings. The molecule has 3 aromatic heterocycles. The first kappa shape index (κ1) is 40.3. The molecule has 0 amide bonds. The van der Waals surface area contributed by atoms with Crippen LogP contribution >= 0.6 is 11.6 Å². The summed E-state index contributed by atoms with van der Waals surface area (Å²) in [5, 5.41) is 28.6. The van der Waals surface area contributed by atoms with E-state index in [0.29, 0.717) is 65.8 Å². The van der Waals surface area contributed by atoms with Crippen molar-refractivity contribution in [1.82, 2.24) is 34.5 Å². The maximum atomic E-state index is 14.2. The number of carboxylic acid groups (broad SMARTS) is 1. The fourth-order valence-corrected chi connectivity index (χ4v) is 8.69. The minimum absolute atomic E-state index is 0.0922. The SMILES string of the molecule is COc1cc(-n2ncc3c(-c4cccc(Nc5nc(C(F)F)nc6cc(CN(C)C7CCC(C(=O)O)CC7)cnc56)c4Cl)cccc32)cc(OC)c1CN1CC[C@@H](O)C1. The van der Waals surface area contributed by atoms with Crippen molar-refractivity contribution in [3.8, 4) is 28.3 Å². The predicted molar refractivity (Wildman–Crippen MR) is 221 cm³/mol. The number of aliphatic hydroxyl groups is 1. The summed E-state index contributed by atoms with van der Waals surface area (Å²) in [4.78, 5) is 28.7. The van der Waals surface area contributed by atoms with Gasteiger partial charge in [0.25, 0.3) is 6.43 Å². The minimum Gasteiger partial charge on any atom is -0.496 e. The molecule has 2 fully saturated rings. The van der Waals surface area contributed by atoms with Crippen LogP contribution in [0, 0.1) is 5.92 Å². The molecule has 1 aliphatic carbocycles. The summed E-state index contributed by atoms with van der Waals surface area (Å²) in [5.74, 6) is -0.325. The van der Waals surface area contributed by atoms with Gasteiger partial charge >= 0.3 is 5.97 Å². The molecule has 59 heavy (non-hydrogen) atoms. The van der Waals surface area contributed by atoms with Gasteiger partial charge in [-0.25, -0.2) is 23.4 Å². The van der Waals surface area contributed by atoms with Crippen LogP contribution in [0.1, 0.15) is 55.5 Å². The van der Waals surface area contributed by atoms with Crippen molar-refractivity contribution >= 4 is 51.0 Å². The first-order valence-corrected chi connectivity index (χ1v) is 19.9. The van der Waals surface area contributed by atoms with E-state index in [1.54, 1.807) is 38.7 Å². The summed E-state index contributed by atoms with van der Waals surface area (Å²) in [6.45, 7) is 2.43. The number of alkyl halides is 2. The van der Waals surface area contributed by atoms with Gasteiger partial charge in [-0.2, -0.15) is 5.10 Å². The number of carboxylic acids is 1. The van der Waals surface area contributed by atoms with Crippen molar-refractivity contribution in [2.75, 3.05) is 39.7 Å².